The molecule has 1 aromatic carbocycles. The number of nitrogens with zero attached hydrogens (tertiary/aromatic N) is 4. The van der Waals surface area contributed by atoms with E-state index in [0.717, 1.165) is 44.2 Å². The lowest BCUT2D eigenvalue weighted by Gasteiger charge is -2.43. The number of carbonyl (C=O) groups excluding carboxylic acids is 7. The maximum atomic E-state index is 14.5. The lowest BCUT2D eigenvalue weighted by Crippen LogP contribution is -2.61. The molecule has 3 N–H and O–H groups in total. The number of amides is 7. The van der Waals surface area contributed by atoms with Crippen LogP contribution in [0.5, 0.6) is 0 Å². The van der Waals surface area contributed by atoms with Crippen molar-refractivity contribution in [2.45, 2.75) is 154 Å². The first-order valence-electron chi connectivity index (χ1n) is 24.2. The topological polar surface area (TPSA) is 187 Å². The highest BCUT2D eigenvalue weighted by molar-refractivity contribution is 6.12. The predicted octanol–water partition coefficient (Wildman–Crippen LogP) is 3.86. The van der Waals surface area contributed by atoms with Crippen molar-refractivity contribution in [3.05, 3.63) is 48.0 Å². The van der Waals surface area contributed by atoms with Crippen LogP contribution in [0.25, 0.3) is 0 Å². The SMILES string of the molecule is CC[C@H](C)[C@@H]([C@@H](CC(=O)N1CCC[C@H]1[C@H](OC)[C@@H](C)C(=O)N[C@@H](Cc1ccccc1)C(=O)NCCCCCCN1C(=O)C=CC1=O)OC)N(C)[C@H](C(=O)NC(=O)[C@@]1(C)CCCN1C)C(C)C. The van der Waals surface area contributed by atoms with Crippen molar-refractivity contribution in [1.82, 2.24) is 35.6 Å². The zero-order valence-electron chi connectivity index (χ0n) is 41.3. The van der Waals surface area contributed by atoms with Gasteiger partial charge in [-0.25, -0.2) is 0 Å². The van der Waals surface area contributed by atoms with Crippen molar-refractivity contribution in [2.75, 3.05) is 54.5 Å². The number of unbranched alkanes of at least 4 members (excludes halogenated alkanes) is 3. The second kappa shape index (κ2) is 25.6. The van der Waals surface area contributed by atoms with Gasteiger partial charge in [0.25, 0.3) is 11.8 Å². The van der Waals surface area contributed by atoms with Gasteiger partial charge < -0.3 is 25.0 Å². The van der Waals surface area contributed by atoms with Gasteiger partial charge in [0.2, 0.25) is 29.5 Å². The van der Waals surface area contributed by atoms with Crippen molar-refractivity contribution in [1.29, 1.82) is 0 Å². The van der Waals surface area contributed by atoms with Crippen LogP contribution in [0.15, 0.2) is 42.5 Å². The van der Waals surface area contributed by atoms with Gasteiger partial charge in [0.1, 0.15) is 6.04 Å². The molecule has 2 saturated heterocycles. The van der Waals surface area contributed by atoms with E-state index in [-0.39, 0.29) is 72.1 Å². The quantitative estimate of drug-likeness (QED) is 0.0906. The number of hydrogen-bond acceptors (Lipinski definition) is 11. The molecule has 368 valence electrons. The second-order valence-electron chi connectivity index (χ2n) is 19.2. The number of carbonyl (C=O) groups is 7. The molecule has 0 radical (unpaired) electrons. The Morgan fingerprint density at radius 2 is 1.55 bits per heavy atom. The third-order valence-electron chi connectivity index (χ3n) is 14.4. The molecular weight excluding hydrogens is 843 g/mol. The van der Waals surface area contributed by atoms with E-state index in [1.54, 1.807) is 26.0 Å². The summed E-state index contributed by atoms with van der Waals surface area (Å²) in [7, 11) is 6.91. The van der Waals surface area contributed by atoms with E-state index in [4.69, 9.17) is 9.47 Å². The minimum atomic E-state index is -0.861. The highest BCUT2D eigenvalue weighted by atomic mass is 16.5. The van der Waals surface area contributed by atoms with Gasteiger partial charge in [-0.15, -0.1) is 0 Å². The number of likely N-dealkylation sites (N-methyl/N-ethyl adjacent to an activating group) is 2. The Kier molecular flexibility index (Phi) is 21.0. The minimum Gasteiger partial charge on any atom is -0.379 e. The monoisotopic (exact) mass is 922 g/mol. The average Bonchev–Trinajstić information content (AvgIpc) is 4.00. The third kappa shape index (κ3) is 13.8. The first-order chi connectivity index (χ1) is 31.4. The summed E-state index contributed by atoms with van der Waals surface area (Å²) in [6.45, 7) is 13.7. The van der Waals surface area contributed by atoms with Crippen LogP contribution in [0.1, 0.15) is 111 Å². The Bertz CT molecular complexity index is 1830. The molecule has 66 heavy (non-hydrogen) atoms. The van der Waals surface area contributed by atoms with Crippen LogP contribution in [0.3, 0.4) is 0 Å². The van der Waals surface area contributed by atoms with Crippen molar-refractivity contribution in [3.8, 4) is 0 Å². The first kappa shape index (κ1) is 54.1. The first-order valence-corrected chi connectivity index (χ1v) is 24.2. The molecule has 16 heteroatoms. The van der Waals surface area contributed by atoms with E-state index < -0.39 is 41.8 Å². The van der Waals surface area contributed by atoms with E-state index in [1.807, 2.05) is 75.0 Å². The number of methoxy groups -OCH3 is 2. The van der Waals surface area contributed by atoms with Gasteiger partial charge in [0.05, 0.1) is 42.2 Å². The Morgan fingerprint density at radius 1 is 0.879 bits per heavy atom. The fourth-order valence-electron chi connectivity index (χ4n) is 10.1. The van der Waals surface area contributed by atoms with Gasteiger partial charge in [-0.2, -0.15) is 0 Å². The van der Waals surface area contributed by atoms with E-state index in [2.05, 4.69) is 29.8 Å². The van der Waals surface area contributed by atoms with Crippen LogP contribution in [0, 0.1) is 17.8 Å². The third-order valence-corrected chi connectivity index (χ3v) is 14.4. The maximum absolute atomic E-state index is 14.5. The molecule has 2 fully saturated rings. The molecule has 3 aliphatic rings. The molecule has 3 heterocycles. The van der Waals surface area contributed by atoms with Crippen LogP contribution in [0.4, 0.5) is 0 Å². The zero-order chi connectivity index (χ0) is 48.7. The highest BCUT2D eigenvalue weighted by Crippen LogP contribution is 2.31. The largest absolute Gasteiger partial charge is 0.379 e. The molecule has 9 atom stereocenters. The second-order valence-corrected chi connectivity index (χ2v) is 19.2. The predicted molar refractivity (Wildman–Crippen MR) is 253 cm³/mol. The van der Waals surface area contributed by atoms with Crippen molar-refractivity contribution in [3.63, 3.8) is 0 Å². The number of nitrogens with one attached hydrogen (secondary N) is 3. The summed E-state index contributed by atoms with van der Waals surface area (Å²) in [4.78, 5) is 100. The molecular formula is C50H79N7O9. The minimum absolute atomic E-state index is 0.0190. The average molecular weight is 922 g/mol. The fraction of sp³-hybridized carbons (Fsp3) is 0.700. The van der Waals surface area contributed by atoms with E-state index in [9.17, 15) is 33.6 Å². The molecule has 16 nitrogen and oxygen atoms in total. The number of likely N-dealkylation sites (tertiary alicyclic amines) is 2. The maximum Gasteiger partial charge on any atom is 0.253 e. The van der Waals surface area contributed by atoms with Crippen LogP contribution in [-0.2, 0) is 49.5 Å². The molecule has 4 rings (SSSR count). The molecule has 0 aliphatic carbocycles. The summed E-state index contributed by atoms with van der Waals surface area (Å²) in [5.74, 6) is -2.93. The van der Waals surface area contributed by atoms with Crippen LogP contribution in [0.2, 0.25) is 0 Å². The normalized spacial score (nSPS) is 22.0. The van der Waals surface area contributed by atoms with Gasteiger partial charge in [-0.1, -0.05) is 84.2 Å². The summed E-state index contributed by atoms with van der Waals surface area (Å²) < 4.78 is 12.2. The summed E-state index contributed by atoms with van der Waals surface area (Å²) in [6, 6.07) is 7.19. The molecule has 0 spiro atoms. The standard InChI is InChI=1S/C50H79N7O9/c1-11-34(4)44(55(8)43(33(2)3)48(63)53-49(64)50(6)26-20-28-54(50)7)39(65-9)32-42(60)56-30-19-23-38(56)45(66-10)35(5)46(61)52-37(31-36-21-15-14-16-22-36)47(62)51-27-17-12-13-18-29-57-40(58)24-25-41(57)59/h14-16,21-22,24-25,33-35,37-39,43-45H,11-13,17-20,23,26-32H2,1-10H3,(H,51,62)(H,52,61)(H,53,63,64)/t34-,35+,37-,38-,39+,43-,44-,45+,50+/m0/s1. The molecule has 7 amide bonds. The Morgan fingerprint density at radius 3 is 2.14 bits per heavy atom. The van der Waals surface area contributed by atoms with E-state index in [1.165, 1.54) is 17.1 Å². The Hall–Kier alpha value is -4.51. The number of benzene rings is 1. The van der Waals surface area contributed by atoms with Gasteiger partial charge >= 0.3 is 0 Å². The van der Waals surface area contributed by atoms with Crippen LogP contribution >= 0.6 is 0 Å². The van der Waals surface area contributed by atoms with E-state index in [0.29, 0.717) is 45.3 Å². The van der Waals surface area contributed by atoms with Crippen molar-refractivity contribution < 1.29 is 43.0 Å². The lowest BCUT2D eigenvalue weighted by molar-refractivity contribution is -0.145. The summed E-state index contributed by atoms with van der Waals surface area (Å²) in [6.07, 6.45) is 8.21. The van der Waals surface area contributed by atoms with E-state index >= 15 is 0 Å². The van der Waals surface area contributed by atoms with Crippen molar-refractivity contribution >= 4 is 41.4 Å². The summed E-state index contributed by atoms with van der Waals surface area (Å²) in [5, 5.41) is 8.74. The molecule has 0 aromatic heterocycles. The zero-order valence-corrected chi connectivity index (χ0v) is 41.3. The van der Waals surface area contributed by atoms with Gasteiger partial charge in [-0.05, 0) is 83.5 Å². The van der Waals surface area contributed by atoms with Gasteiger partial charge in [-0.3, -0.25) is 53.6 Å². The number of ether oxygens (including phenoxy) is 2. The van der Waals surface area contributed by atoms with Gasteiger partial charge in [0.15, 0.2) is 0 Å². The van der Waals surface area contributed by atoms with Crippen molar-refractivity contribution in [2.24, 2.45) is 17.8 Å². The molecule has 0 unspecified atom stereocenters. The summed E-state index contributed by atoms with van der Waals surface area (Å²) >= 11 is 0. The van der Waals surface area contributed by atoms with Gasteiger partial charge in [0, 0.05) is 58.5 Å². The Balaban J connectivity index is 1.41. The van der Waals surface area contributed by atoms with Crippen LogP contribution in [-0.4, -0.2) is 157 Å². The smallest absolute Gasteiger partial charge is 0.253 e. The Labute approximate surface area is 393 Å². The molecule has 0 saturated carbocycles. The fourth-order valence-corrected chi connectivity index (χ4v) is 10.1. The molecule has 1 aromatic rings. The van der Waals surface area contributed by atoms with Crippen LogP contribution < -0.4 is 16.0 Å². The summed E-state index contributed by atoms with van der Waals surface area (Å²) in [5.41, 5.74) is 0.121. The number of rotatable bonds is 26. The lowest BCUT2D eigenvalue weighted by atomic mass is 9.87. The number of hydrogen-bond donors (Lipinski definition) is 3. The number of imide groups is 2. The molecule has 0 bridgehead atoms. The molecule has 3 aliphatic heterocycles. The highest BCUT2D eigenvalue weighted by Gasteiger charge is 2.46.